The van der Waals surface area contributed by atoms with Crippen molar-refractivity contribution in [2.75, 3.05) is 5.43 Å². The van der Waals surface area contributed by atoms with Crippen LogP contribution in [0.25, 0.3) is 0 Å². The summed E-state index contributed by atoms with van der Waals surface area (Å²) < 4.78 is 1.03. The molecule has 0 aliphatic heterocycles. The maximum atomic E-state index is 12.6. The fraction of sp³-hybridized carbons (Fsp3) is 0.500. The number of hydrogen-bond donors (Lipinski definition) is 1. The van der Waals surface area contributed by atoms with Crippen LogP contribution in [0, 0.1) is 16.7 Å². The Morgan fingerprint density at radius 3 is 2.45 bits per heavy atom. The van der Waals surface area contributed by atoms with Crippen LogP contribution in [0.15, 0.2) is 33.8 Å². The van der Waals surface area contributed by atoms with Gasteiger partial charge in [-0.05, 0) is 42.5 Å². The highest BCUT2D eigenvalue weighted by atomic mass is 79.9. The zero-order valence-corrected chi connectivity index (χ0v) is 13.6. The maximum absolute atomic E-state index is 12.6. The SMILES string of the molecule is CC12CCC(/C(=N/Nc3ccc(Br)cc3)C1=O)C2(C)C. The number of hydrazone groups is 1. The number of anilines is 1. The van der Waals surface area contributed by atoms with E-state index in [1.54, 1.807) is 0 Å². The molecular weight excluding hydrogens is 316 g/mol. The first-order valence-corrected chi connectivity index (χ1v) is 7.79. The van der Waals surface area contributed by atoms with Crippen LogP contribution in [0.5, 0.6) is 0 Å². The van der Waals surface area contributed by atoms with Gasteiger partial charge in [0.05, 0.1) is 5.69 Å². The maximum Gasteiger partial charge on any atom is 0.185 e. The van der Waals surface area contributed by atoms with Crippen molar-refractivity contribution in [1.29, 1.82) is 0 Å². The largest absolute Gasteiger partial charge is 0.292 e. The molecule has 2 fully saturated rings. The first kappa shape index (κ1) is 13.8. The van der Waals surface area contributed by atoms with Gasteiger partial charge in [0.2, 0.25) is 0 Å². The van der Waals surface area contributed by atoms with Crippen molar-refractivity contribution in [3.8, 4) is 0 Å². The second kappa shape index (κ2) is 4.42. The highest BCUT2D eigenvalue weighted by molar-refractivity contribution is 9.10. The van der Waals surface area contributed by atoms with E-state index in [1.807, 2.05) is 24.3 Å². The molecule has 0 spiro atoms. The molecule has 2 atom stereocenters. The number of Topliss-reactive ketones (excluding diaryl/α,β-unsaturated/α-hetero) is 1. The molecule has 2 aliphatic carbocycles. The molecule has 2 unspecified atom stereocenters. The minimum absolute atomic E-state index is 0.0182. The topological polar surface area (TPSA) is 41.5 Å². The Kier molecular flexibility index (Phi) is 3.05. The van der Waals surface area contributed by atoms with E-state index >= 15 is 0 Å². The van der Waals surface area contributed by atoms with Gasteiger partial charge in [0, 0.05) is 15.8 Å². The molecule has 0 aromatic heterocycles. The van der Waals surface area contributed by atoms with Crippen LogP contribution in [0.2, 0.25) is 0 Å². The van der Waals surface area contributed by atoms with E-state index in [4.69, 9.17) is 0 Å². The minimum Gasteiger partial charge on any atom is -0.292 e. The van der Waals surface area contributed by atoms with Gasteiger partial charge in [0.25, 0.3) is 0 Å². The summed E-state index contributed by atoms with van der Waals surface area (Å²) in [5, 5.41) is 4.43. The molecule has 1 aromatic rings. The highest BCUT2D eigenvalue weighted by Crippen LogP contribution is 2.62. The van der Waals surface area contributed by atoms with Gasteiger partial charge in [0.1, 0.15) is 5.71 Å². The number of nitrogens with zero attached hydrogens (tertiary/aromatic N) is 1. The summed E-state index contributed by atoms with van der Waals surface area (Å²) in [5.41, 5.74) is 4.44. The monoisotopic (exact) mass is 334 g/mol. The Balaban J connectivity index is 1.87. The van der Waals surface area contributed by atoms with E-state index in [0.29, 0.717) is 0 Å². The molecule has 2 aliphatic rings. The zero-order chi connectivity index (χ0) is 14.5. The number of carbonyl (C=O) groups is 1. The van der Waals surface area contributed by atoms with Crippen LogP contribution in [-0.2, 0) is 4.79 Å². The van der Waals surface area contributed by atoms with E-state index in [-0.39, 0.29) is 22.5 Å². The van der Waals surface area contributed by atoms with Crippen molar-refractivity contribution >= 4 is 33.1 Å². The lowest BCUT2D eigenvalue weighted by molar-refractivity contribution is -0.123. The average molecular weight is 335 g/mol. The summed E-state index contributed by atoms with van der Waals surface area (Å²) in [6.07, 6.45) is 2.05. The van der Waals surface area contributed by atoms with Crippen molar-refractivity contribution in [2.45, 2.75) is 33.6 Å². The number of fused-ring (bicyclic) bond motifs is 2. The number of benzene rings is 1. The third-order valence-electron chi connectivity index (χ3n) is 5.44. The van der Waals surface area contributed by atoms with E-state index in [2.05, 4.69) is 47.2 Å². The number of nitrogens with one attached hydrogen (secondary N) is 1. The molecular formula is C16H19BrN2O. The van der Waals surface area contributed by atoms with E-state index in [0.717, 1.165) is 28.7 Å². The van der Waals surface area contributed by atoms with Crippen LogP contribution in [0.1, 0.15) is 33.6 Å². The first-order chi connectivity index (χ1) is 9.36. The molecule has 4 heteroatoms. The summed E-state index contributed by atoms with van der Waals surface area (Å²) >= 11 is 3.40. The number of halogens is 1. The lowest BCUT2D eigenvalue weighted by atomic mass is 9.70. The van der Waals surface area contributed by atoms with Gasteiger partial charge >= 0.3 is 0 Å². The molecule has 0 radical (unpaired) electrons. The first-order valence-electron chi connectivity index (χ1n) is 7.00. The molecule has 3 nitrogen and oxygen atoms in total. The minimum atomic E-state index is -0.238. The van der Waals surface area contributed by atoms with Gasteiger partial charge in [-0.1, -0.05) is 36.7 Å². The molecule has 2 bridgehead atoms. The Hall–Kier alpha value is -1.16. The van der Waals surface area contributed by atoms with Gasteiger partial charge in [-0.2, -0.15) is 5.10 Å². The molecule has 3 rings (SSSR count). The number of carbonyl (C=O) groups excluding carboxylic acids is 1. The fourth-order valence-electron chi connectivity index (χ4n) is 3.60. The van der Waals surface area contributed by atoms with E-state index in [9.17, 15) is 4.79 Å². The average Bonchev–Trinajstić information content (AvgIpc) is 2.71. The lowest BCUT2D eigenvalue weighted by Gasteiger charge is -2.31. The van der Waals surface area contributed by atoms with Crippen molar-refractivity contribution in [2.24, 2.45) is 21.8 Å². The molecule has 106 valence electrons. The van der Waals surface area contributed by atoms with Crippen molar-refractivity contribution < 1.29 is 4.79 Å². The van der Waals surface area contributed by atoms with E-state index < -0.39 is 0 Å². The van der Waals surface area contributed by atoms with Crippen molar-refractivity contribution in [1.82, 2.24) is 0 Å². The number of hydrogen-bond acceptors (Lipinski definition) is 3. The van der Waals surface area contributed by atoms with Crippen LogP contribution >= 0.6 is 15.9 Å². The second-order valence-electron chi connectivity index (χ2n) is 6.59. The standard InChI is InChI=1S/C16H19BrN2O/c1-15(2)12-8-9-16(15,3)14(20)13(12)19-18-11-6-4-10(17)5-7-11/h4-7,12,18H,8-9H2,1-3H3/b19-13-. The third kappa shape index (κ3) is 1.77. The van der Waals surface area contributed by atoms with Crippen LogP contribution in [0.4, 0.5) is 5.69 Å². The van der Waals surface area contributed by atoms with Crippen LogP contribution < -0.4 is 5.43 Å². The zero-order valence-electron chi connectivity index (χ0n) is 12.0. The Labute approximate surface area is 128 Å². The molecule has 0 heterocycles. The van der Waals surface area contributed by atoms with Crippen LogP contribution in [-0.4, -0.2) is 11.5 Å². The fourth-order valence-corrected chi connectivity index (χ4v) is 3.87. The van der Waals surface area contributed by atoms with Gasteiger partial charge in [-0.15, -0.1) is 0 Å². The molecule has 1 N–H and O–H groups in total. The number of rotatable bonds is 2. The molecule has 0 saturated heterocycles. The Bertz CT molecular complexity index is 591. The van der Waals surface area contributed by atoms with Crippen LogP contribution in [0.3, 0.4) is 0 Å². The summed E-state index contributed by atoms with van der Waals surface area (Å²) in [6, 6.07) is 7.80. The predicted molar refractivity (Wildman–Crippen MR) is 84.8 cm³/mol. The normalized spacial score (nSPS) is 32.9. The van der Waals surface area contributed by atoms with Gasteiger partial charge < -0.3 is 0 Å². The van der Waals surface area contributed by atoms with E-state index in [1.165, 1.54) is 0 Å². The summed E-state index contributed by atoms with van der Waals surface area (Å²) in [6.45, 7) is 6.49. The summed E-state index contributed by atoms with van der Waals surface area (Å²) in [7, 11) is 0. The van der Waals surface area contributed by atoms with Crippen molar-refractivity contribution in [3.05, 3.63) is 28.7 Å². The quantitative estimate of drug-likeness (QED) is 0.821. The van der Waals surface area contributed by atoms with Gasteiger partial charge in [0.15, 0.2) is 5.78 Å². The molecule has 0 amide bonds. The smallest absolute Gasteiger partial charge is 0.185 e. The summed E-state index contributed by atoms with van der Waals surface area (Å²) in [4.78, 5) is 12.6. The third-order valence-corrected chi connectivity index (χ3v) is 5.97. The Morgan fingerprint density at radius 2 is 1.90 bits per heavy atom. The number of ketones is 1. The molecule has 20 heavy (non-hydrogen) atoms. The van der Waals surface area contributed by atoms with Gasteiger partial charge in [-0.3, -0.25) is 10.2 Å². The highest BCUT2D eigenvalue weighted by Gasteiger charge is 2.65. The summed E-state index contributed by atoms with van der Waals surface area (Å²) in [5.74, 6) is 0.506. The second-order valence-corrected chi connectivity index (χ2v) is 7.51. The molecule has 1 aromatic carbocycles. The van der Waals surface area contributed by atoms with Crippen molar-refractivity contribution in [3.63, 3.8) is 0 Å². The molecule has 2 saturated carbocycles. The lowest BCUT2D eigenvalue weighted by Crippen LogP contribution is -2.33. The van der Waals surface area contributed by atoms with Gasteiger partial charge in [-0.25, -0.2) is 0 Å². The predicted octanol–water partition coefficient (Wildman–Crippen LogP) is 4.24. The Morgan fingerprint density at radius 1 is 1.25 bits per heavy atom.